The number of aliphatic hydroxyl groups excluding tert-OH is 1. The molecule has 2 N–H and O–H groups in total. The number of rotatable bonds is 5. The second-order valence-electron chi connectivity index (χ2n) is 7.04. The van der Waals surface area contributed by atoms with E-state index in [-0.39, 0.29) is 29.0 Å². The molecule has 0 bridgehead atoms. The average molecular weight is 406 g/mol. The van der Waals surface area contributed by atoms with E-state index in [4.69, 9.17) is 0 Å². The van der Waals surface area contributed by atoms with E-state index in [0.717, 1.165) is 18.9 Å². The van der Waals surface area contributed by atoms with E-state index in [2.05, 4.69) is 4.72 Å². The minimum Gasteiger partial charge on any atom is -0.396 e. The third-order valence-corrected chi connectivity index (χ3v) is 6.26. The number of sulfonamides is 1. The molecule has 0 saturated carbocycles. The first-order valence-electron chi connectivity index (χ1n) is 9.09. The number of nitrogens with zero attached hydrogens (tertiary/aromatic N) is 1. The van der Waals surface area contributed by atoms with Crippen molar-refractivity contribution >= 4 is 21.6 Å². The SMILES string of the molecule is Cc1ccc(S(=O)(=O)Nc2cccc(C(=O)N3CCCC(CO)C3)c2)cc1F. The molecule has 2 aromatic carbocycles. The maximum absolute atomic E-state index is 13.7. The molecule has 1 aliphatic heterocycles. The molecule has 28 heavy (non-hydrogen) atoms. The number of aliphatic hydroxyl groups is 1. The number of hydrogen-bond acceptors (Lipinski definition) is 4. The molecule has 6 nitrogen and oxygen atoms in total. The Morgan fingerprint density at radius 2 is 2.07 bits per heavy atom. The topological polar surface area (TPSA) is 86.7 Å². The van der Waals surface area contributed by atoms with E-state index >= 15 is 0 Å². The summed E-state index contributed by atoms with van der Waals surface area (Å²) >= 11 is 0. The normalized spacial score (nSPS) is 17.4. The second kappa shape index (κ2) is 8.28. The Labute approximate surface area is 164 Å². The zero-order valence-electron chi connectivity index (χ0n) is 15.6. The average Bonchev–Trinajstić information content (AvgIpc) is 2.69. The Bertz CT molecular complexity index is 978. The van der Waals surface area contributed by atoms with Gasteiger partial charge < -0.3 is 10.0 Å². The number of likely N-dealkylation sites (tertiary alicyclic amines) is 1. The molecule has 0 aromatic heterocycles. The largest absolute Gasteiger partial charge is 0.396 e. The van der Waals surface area contributed by atoms with Crippen molar-refractivity contribution in [1.29, 1.82) is 0 Å². The molecule has 150 valence electrons. The molecule has 1 fully saturated rings. The quantitative estimate of drug-likeness (QED) is 0.799. The van der Waals surface area contributed by atoms with Crippen LogP contribution in [0.1, 0.15) is 28.8 Å². The Hall–Kier alpha value is -2.45. The van der Waals surface area contributed by atoms with E-state index in [0.29, 0.717) is 24.2 Å². The van der Waals surface area contributed by atoms with Crippen LogP contribution >= 0.6 is 0 Å². The summed E-state index contributed by atoms with van der Waals surface area (Å²) in [4.78, 5) is 14.2. The van der Waals surface area contributed by atoms with Crippen LogP contribution in [0.15, 0.2) is 47.4 Å². The number of carbonyl (C=O) groups is 1. The van der Waals surface area contributed by atoms with Gasteiger partial charge in [-0.05, 0) is 61.6 Å². The Morgan fingerprint density at radius 1 is 1.29 bits per heavy atom. The number of benzene rings is 2. The van der Waals surface area contributed by atoms with Crippen LogP contribution in [0.4, 0.5) is 10.1 Å². The Kier molecular flexibility index (Phi) is 6.00. The number of anilines is 1. The summed E-state index contributed by atoms with van der Waals surface area (Å²) in [5.74, 6) is -0.744. The van der Waals surface area contributed by atoms with E-state index in [1.54, 1.807) is 24.0 Å². The van der Waals surface area contributed by atoms with Crippen LogP contribution in [0.3, 0.4) is 0 Å². The van der Waals surface area contributed by atoms with Gasteiger partial charge in [-0.3, -0.25) is 9.52 Å². The fourth-order valence-corrected chi connectivity index (χ4v) is 4.31. The molecule has 8 heteroatoms. The summed E-state index contributed by atoms with van der Waals surface area (Å²) in [5, 5.41) is 9.34. The third kappa shape index (κ3) is 4.51. The molecule has 1 saturated heterocycles. The Morgan fingerprint density at radius 3 is 2.79 bits per heavy atom. The van der Waals surface area contributed by atoms with Crippen LogP contribution in [-0.4, -0.2) is 44.0 Å². The molecule has 2 aromatic rings. The monoisotopic (exact) mass is 406 g/mol. The molecule has 1 heterocycles. The molecule has 3 rings (SSSR count). The lowest BCUT2D eigenvalue weighted by Gasteiger charge is -2.32. The Balaban J connectivity index is 1.79. The first-order chi connectivity index (χ1) is 13.3. The van der Waals surface area contributed by atoms with Crippen molar-refractivity contribution in [2.45, 2.75) is 24.7 Å². The first kappa shape index (κ1) is 20.3. The van der Waals surface area contributed by atoms with Gasteiger partial charge in [-0.1, -0.05) is 12.1 Å². The van der Waals surface area contributed by atoms with Crippen LogP contribution in [0.2, 0.25) is 0 Å². The van der Waals surface area contributed by atoms with Gasteiger partial charge in [0.05, 0.1) is 4.90 Å². The fourth-order valence-electron chi connectivity index (χ4n) is 3.25. The molecule has 0 radical (unpaired) electrons. The highest BCUT2D eigenvalue weighted by atomic mass is 32.2. The smallest absolute Gasteiger partial charge is 0.261 e. The van der Waals surface area contributed by atoms with E-state index < -0.39 is 15.8 Å². The van der Waals surface area contributed by atoms with Gasteiger partial charge in [-0.15, -0.1) is 0 Å². The van der Waals surface area contributed by atoms with Crippen molar-refractivity contribution in [1.82, 2.24) is 4.90 Å². The predicted molar refractivity (Wildman–Crippen MR) is 104 cm³/mol. The van der Waals surface area contributed by atoms with E-state index in [1.807, 2.05) is 0 Å². The number of aryl methyl sites for hydroxylation is 1. The number of hydrogen-bond donors (Lipinski definition) is 2. The maximum Gasteiger partial charge on any atom is 0.261 e. The van der Waals surface area contributed by atoms with Crippen LogP contribution in [0, 0.1) is 18.7 Å². The highest BCUT2D eigenvalue weighted by Crippen LogP contribution is 2.22. The van der Waals surface area contributed by atoms with Crippen molar-refractivity contribution in [3.8, 4) is 0 Å². The zero-order valence-corrected chi connectivity index (χ0v) is 16.4. The van der Waals surface area contributed by atoms with Crippen molar-refractivity contribution in [2.24, 2.45) is 5.92 Å². The molecule has 0 aliphatic carbocycles. The highest BCUT2D eigenvalue weighted by Gasteiger charge is 2.24. The van der Waals surface area contributed by atoms with Crippen LogP contribution < -0.4 is 4.72 Å². The third-order valence-electron chi connectivity index (χ3n) is 4.88. The van der Waals surface area contributed by atoms with Gasteiger partial charge in [0, 0.05) is 30.9 Å². The first-order valence-corrected chi connectivity index (χ1v) is 10.6. The summed E-state index contributed by atoms with van der Waals surface area (Å²) in [7, 11) is -3.98. The predicted octanol–water partition coefficient (Wildman–Crippen LogP) is 2.78. The minimum absolute atomic E-state index is 0.0384. The fraction of sp³-hybridized carbons (Fsp3) is 0.350. The summed E-state index contributed by atoms with van der Waals surface area (Å²) in [6, 6.07) is 9.91. The van der Waals surface area contributed by atoms with Gasteiger partial charge in [0.25, 0.3) is 15.9 Å². The van der Waals surface area contributed by atoms with Crippen molar-refractivity contribution in [3.63, 3.8) is 0 Å². The summed E-state index contributed by atoms with van der Waals surface area (Å²) < 4.78 is 41.2. The van der Waals surface area contributed by atoms with Crippen LogP contribution in [-0.2, 0) is 10.0 Å². The zero-order chi connectivity index (χ0) is 20.3. The molecule has 1 amide bonds. The number of carbonyl (C=O) groups excluding carboxylic acids is 1. The molecule has 1 aliphatic rings. The van der Waals surface area contributed by atoms with Crippen molar-refractivity contribution < 1.29 is 22.7 Å². The van der Waals surface area contributed by atoms with Crippen molar-refractivity contribution in [2.75, 3.05) is 24.4 Å². The molecule has 0 spiro atoms. The highest BCUT2D eigenvalue weighted by molar-refractivity contribution is 7.92. The number of amides is 1. The van der Waals surface area contributed by atoms with Gasteiger partial charge in [0.1, 0.15) is 5.82 Å². The summed E-state index contributed by atoms with van der Waals surface area (Å²) in [6.07, 6.45) is 1.70. The minimum atomic E-state index is -3.98. The summed E-state index contributed by atoms with van der Waals surface area (Å²) in [6.45, 7) is 2.68. The van der Waals surface area contributed by atoms with Gasteiger partial charge in [-0.25, -0.2) is 12.8 Å². The number of piperidine rings is 1. The maximum atomic E-state index is 13.7. The second-order valence-corrected chi connectivity index (χ2v) is 8.72. The van der Waals surface area contributed by atoms with Gasteiger partial charge in [0.2, 0.25) is 0 Å². The molecular formula is C20H23FN2O4S. The van der Waals surface area contributed by atoms with Crippen molar-refractivity contribution in [3.05, 3.63) is 59.4 Å². The molecule has 1 atom stereocenters. The summed E-state index contributed by atoms with van der Waals surface area (Å²) in [5.41, 5.74) is 0.936. The van der Waals surface area contributed by atoms with Gasteiger partial charge >= 0.3 is 0 Å². The lowest BCUT2D eigenvalue weighted by molar-refractivity contribution is 0.0620. The lowest BCUT2D eigenvalue weighted by Crippen LogP contribution is -2.40. The van der Waals surface area contributed by atoms with Gasteiger partial charge in [0.15, 0.2) is 0 Å². The number of nitrogens with one attached hydrogen (secondary N) is 1. The van der Waals surface area contributed by atoms with E-state index in [1.165, 1.54) is 24.3 Å². The van der Waals surface area contributed by atoms with Crippen LogP contribution in [0.5, 0.6) is 0 Å². The molecular weight excluding hydrogens is 383 g/mol. The number of halogens is 1. The van der Waals surface area contributed by atoms with Crippen LogP contribution in [0.25, 0.3) is 0 Å². The molecule has 1 unspecified atom stereocenters. The standard InChI is InChI=1S/C20H23FN2O4S/c1-14-7-8-18(11-19(14)21)28(26,27)22-17-6-2-5-16(10-17)20(25)23-9-3-4-15(12-23)13-24/h2,5-8,10-11,15,22,24H,3-4,9,12-13H2,1H3. The van der Waals surface area contributed by atoms with Gasteiger partial charge in [-0.2, -0.15) is 0 Å². The van der Waals surface area contributed by atoms with E-state index in [9.17, 15) is 22.7 Å². The lowest BCUT2D eigenvalue weighted by atomic mass is 9.98.